The van der Waals surface area contributed by atoms with Gasteiger partial charge in [0.15, 0.2) is 9.84 Å². The maximum absolute atomic E-state index is 12.0. The molecule has 1 unspecified atom stereocenters. The highest BCUT2D eigenvalue weighted by molar-refractivity contribution is 7.92. The van der Waals surface area contributed by atoms with Crippen LogP contribution in [0.1, 0.15) is 39.1 Å². The Kier molecular flexibility index (Phi) is 4.16. The molecule has 0 saturated carbocycles. The average Bonchev–Trinajstić information content (AvgIpc) is 2.76. The van der Waals surface area contributed by atoms with Crippen LogP contribution in [0.25, 0.3) is 0 Å². The second-order valence-corrected chi connectivity index (χ2v) is 7.26. The highest BCUT2D eigenvalue weighted by Crippen LogP contribution is 2.19. The van der Waals surface area contributed by atoms with Crippen LogP contribution in [-0.2, 0) is 14.6 Å². The highest BCUT2D eigenvalue weighted by Gasteiger charge is 2.39. The van der Waals surface area contributed by atoms with Gasteiger partial charge in [0.05, 0.1) is 6.04 Å². The second kappa shape index (κ2) is 5.09. The molecule has 0 aliphatic heterocycles. The fourth-order valence-corrected chi connectivity index (χ4v) is 1.73. The molecular formula is C11H19N3O3S. The zero-order valence-corrected chi connectivity index (χ0v) is 11.8. The van der Waals surface area contributed by atoms with Crippen LogP contribution in [0.4, 0.5) is 0 Å². The molecule has 102 valence electrons. The van der Waals surface area contributed by atoms with Gasteiger partial charge in [-0.1, -0.05) is 6.92 Å². The minimum Gasteiger partial charge on any atom is -0.347 e. The van der Waals surface area contributed by atoms with Crippen LogP contribution in [0, 0.1) is 0 Å². The summed E-state index contributed by atoms with van der Waals surface area (Å²) in [6.07, 6.45) is 4.93. The summed E-state index contributed by atoms with van der Waals surface area (Å²) < 4.78 is 21.7. The number of amides is 1. The third-order valence-corrected chi connectivity index (χ3v) is 5.08. The molecule has 6 nitrogen and oxygen atoms in total. The number of nitrogens with zero attached hydrogens (tertiary/aromatic N) is 1. The zero-order chi connectivity index (χ0) is 14.0. The number of rotatable bonds is 5. The number of hydrogen-bond acceptors (Lipinski definition) is 4. The van der Waals surface area contributed by atoms with Crippen LogP contribution in [0.3, 0.4) is 0 Å². The summed E-state index contributed by atoms with van der Waals surface area (Å²) in [6, 6.07) is -0.312. The Labute approximate surface area is 107 Å². The molecule has 0 radical (unpaired) electrons. The van der Waals surface area contributed by atoms with E-state index in [4.69, 9.17) is 0 Å². The Morgan fingerprint density at radius 1 is 1.56 bits per heavy atom. The van der Waals surface area contributed by atoms with E-state index in [1.807, 2.05) is 6.92 Å². The van der Waals surface area contributed by atoms with Gasteiger partial charge in [0.1, 0.15) is 10.6 Å². The van der Waals surface area contributed by atoms with Crippen LogP contribution in [-0.4, -0.2) is 35.3 Å². The lowest BCUT2D eigenvalue weighted by molar-refractivity contribution is -0.123. The van der Waals surface area contributed by atoms with Crippen molar-refractivity contribution in [2.75, 3.05) is 6.26 Å². The minimum atomic E-state index is -3.47. The van der Waals surface area contributed by atoms with Gasteiger partial charge in [-0.25, -0.2) is 13.4 Å². The molecule has 0 fully saturated rings. The van der Waals surface area contributed by atoms with E-state index in [1.54, 1.807) is 12.4 Å². The van der Waals surface area contributed by atoms with Gasteiger partial charge in [-0.15, -0.1) is 0 Å². The molecule has 1 aromatic rings. The Hall–Kier alpha value is -1.37. The molecule has 0 bridgehead atoms. The van der Waals surface area contributed by atoms with Crippen molar-refractivity contribution in [3.63, 3.8) is 0 Å². The van der Waals surface area contributed by atoms with Crippen LogP contribution >= 0.6 is 0 Å². The van der Waals surface area contributed by atoms with Gasteiger partial charge in [0, 0.05) is 18.6 Å². The van der Waals surface area contributed by atoms with Crippen molar-refractivity contribution in [2.45, 2.75) is 38.0 Å². The smallest absolute Gasteiger partial charge is 0.241 e. The number of H-pyrrole nitrogens is 1. The van der Waals surface area contributed by atoms with E-state index in [9.17, 15) is 13.2 Å². The number of aromatic nitrogens is 2. The second-order valence-electron chi connectivity index (χ2n) is 4.69. The monoisotopic (exact) mass is 273 g/mol. The number of imidazole rings is 1. The Morgan fingerprint density at radius 3 is 2.56 bits per heavy atom. The van der Waals surface area contributed by atoms with Crippen LogP contribution in [0.2, 0.25) is 0 Å². The summed E-state index contributed by atoms with van der Waals surface area (Å²) >= 11 is 0. The van der Waals surface area contributed by atoms with Crippen molar-refractivity contribution in [3.8, 4) is 0 Å². The number of hydrogen-bond donors (Lipinski definition) is 2. The molecule has 1 atom stereocenters. The van der Waals surface area contributed by atoms with E-state index in [0.29, 0.717) is 12.2 Å². The SMILES string of the molecule is CCC(NC(=O)C(C)(C)S(C)(=O)=O)c1ncc[nH]1. The number of aromatic amines is 1. The standard InChI is InChI=1S/C11H19N3O3S/c1-5-8(9-12-6-7-13-9)14-10(15)11(2,3)18(4,16)17/h6-8H,5H2,1-4H3,(H,12,13)(H,14,15). The van der Waals surface area contributed by atoms with Crippen molar-refractivity contribution in [1.82, 2.24) is 15.3 Å². The van der Waals surface area contributed by atoms with Gasteiger partial charge in [-0.05, 0) is 20.3 Å². The van der Waals surface area contributed by atoms with E-state index in [0.717, 1.165) is 6.26 Å². The van der Waals surface area contributed by atoms with Crippen molar-refractivity contribution >= 4 is 15.7 Å². The molecule has 0 spiro atoms. The molecule has 0 aliphatic rings. The van der Waals surface area contributed by atoms with Gasteiger partial charge < -0.3 is 10.3 Å². The van der Waals surface area contributed by atoms with Gasteiger partial charge in [-0.2, -0.15) is 0 Å². The maximum Gasteiger partial charge on any atom is 0.241 e. The molecule has 7 heteroatoms. The molecular weight excluding hydrogens is 254 g/mol. The van der Waals surface area contributed by atoms with Crippen molar-refractivity contribution < 1.29 is 13.2 Å². The first-order valence-electron chi connectivity index (χ1n) is 5.70. The largest absolute Gasteiger partial charge is 0.347 e. The first-order valence-corrected chi connectivity index (χ1v) is 7.59. The van der Waals surface area contributed by atoms with Crippen LogP contribution in [0.15, 0.2) is 12.4 Å². The lowest BCUT2D eigenvalue weighted by Crippen LogP contribution is -2.48. The lowest BCUT2D eigenvalue weighted by Gasteiger charge is -2.24. The van der Waals surface area contributed by atoms with E-state index < -0.39 is 20.5 Å². The summed E-state index contributed by atoms with van der Waals surface area (Å²) in [5, 5.41) is 2.70. The molecule has 1 rings (SSSR count). The lowest BCUT2D eigenvalue weighted by atomic mass is 10.1. The Bertz CT molecular complexity index is 506. The predicted molar refractivity (Wildman–Crippen MR) is 68.7 cm³/mol. The van der Waals surface area contributed by atoms with E-state index in [1.165, 1.54) is 13.8 Å². The number of sulfone groups is 1. The van der Waals surface area contributed by atoms with E-state index in [-0.39, 0.29) is 6.04 Å². The van der Waals surface area contributed by atoms with Gasteiger partial charge in [0.2, 0.25) is 5.91 Å². The average molecular weight is 273 g/mol. The summed E-state index contributed by atoms with van der Waals surface area (Å²) in [6.45, 7) is 4.68. The third kappa shape index (κ3) is 2.90. The van der Waals surface area contributed by atoms with Crippen molar-refractivity contribution in [3.05, 3.63) is 18.2 Å². The fraction of sp³-hybridized carbons (Fsp3) is 0.636. The first kappa shape index (κ1) is 14.7. The van der Waals surface area contributed by atoms with E-state index >= 15 is 0 Å². The molecule has 0 aromatic carbocycles. The number of carbonyl (C=O) groups excluding carboxylic acids is 1. The van der Waals surface area contributed by atoms with E-state index in [2.05, 4.69) is 15.3 Å². The molecule has 0 aliphatic carbocycles. The number of nitrogens with one attached hydrogen (secondary N) is 2. The van der Waals surface area contributed by atoms with Crippen molar-refractivity contribution in [1.29, 1.82) is 0 Å². The van der Waals surface area contributed by atoms with Crippen molar-refractivity contribution in [2.24, 2.45) is 0 Å². The Morgan fingerprint density at radius 2 is 2.17 bits per heavy atom. The normalized spacial score (nSPS) is 14.2. The summed E-state index contributed by atoms with van der Waals surface area (Å²) in [5.74, 6) is 0.100. The van der Waals surface area contributed by atoms with Crippen LogP contribution < -0.4 is 5.32 Å². The molecule has 2 N–H and O–H groups in total. The quantitative estimate of drug-likeness (QED) is 0.830. The third-order valence-electron chi connectivity index (χ3n) is 3.04. The highest BCUT2D eigenvalue weighted by atomic mass is 32.2. The zero-order valence-electron chi connectivity index (χ0n) is 11.0. The predicted octanol–water partition coefficient (Wildman–Crippen LogP) is 0.800. The molecule has 1 aromatic heterocycles. The van der Waals surface area contributed by atoms with Crippen LogP contribution in [0.5, 0.6) is 0 Å². The topological polar surface area (TPSA) is 91.9 Å². The van der Waals surface area contributed by atoms with Gasteiger partial charge in [0.25, 0.3) is 0 Å². The Balaban J connectivity index is 2.88. The van der Waals surface area contributed by atoms with Gasteiger partial charge in [-0.3, -0.25) is 4.79 Å². The summed E-state index contributed by atoms with van der Waals surface area (Å²) in [4.78, 5) is 19.0. The minimum absolute atomic E-state index is 0.312. The maximum atomic E-state index is 12.0. The summed E-state index contributed by atoms with van der Waals surface area (Å²) in [5.41, 5.74) is 0. The molecule has 0 saturated heterocycles. The number of carbonyl (C=O) groups is 1. The fourth-order valence-electron chi connectivity index (χ4n) is 1.33. The first-order chi connectivity index (χ1) is 8.20. The van der Waals surface area contributed by atoms with Gasteiger partial charge >= 0.3 is 0 Å². The molecule has 1 heterocycles. The molecule has 18 heavy (non-hydrogen) atoms. The molecule has 1 amide bonds. The summed E-state index contributed by atoms with van der Waals surface area (Å²) in [7, 11) is -3.47.